The van der Waals surface area contributed by atoms with Crippen molar-refractivity contribution in [3.05, 3.63) is 24.3 Å². The number of carbonyl (C=O) groups is 1. The van der Waals surface area contributed by atoms with Crippen molar-refractivity contribution >= 4 is 34.0 Å². The van der Waals surface area contributed by atoms with Crippen LogP contribution in [0.2, 0.25) is 0 Å². The van der Waals surface area contributed by atoms with Crippen molar-refractivity contribution in [3.8, 4) is 0 Å². The SMILES string of the molecule is C[C@H](N)C(=O)Nc1ccc2nc(N3CCOCC3)c(N3CCOCC3)cc2c1. The normalized spacial score (nSPS) is 18.9. The van der Waals surface area contributed by atoms with E-state index in [1.807, 2.05) is 18.2 Å². The van der Waals surface area contributed by atoms with Gasteiger partial charge in [0.1, 0.15) is 0 Å². The summed E-state index contributed by atoms with van der Waals surface area (Å²) in [6.45, 7) is 7.86. The summed E-state index contributed by atoms with van der Waals surface area (Å²) in [6.07, 6.45) is 0. The first-order valence-electron chi connectivity index (χ1n) is 9.78. The predicted molar refractivity (Wildman–Crippen MR) is 110 cm³/mol. The molecule has 28 heavy (non-hydrogen) atoms. The van der Waals surface area contributed by atoms with Gasteiger partial charge in [-0.1, -0.05) is 0 Å². The molecule has 0 unspecified atom stereocenters. The van der Waals surface area contributed by atoms with Gasteiger partial charge in [-0.25, -0.2) is 4.98 Å². The third-order valence-electron chi connectivity index (χ3n) is 5.12. The highest BCUT2D eigenvalue weighted by molar-refractivity contribution is 5.97. The van der Waals surface area contributed by atoms with Crippen molar-refractivity contribution in [1.29, 1.82) is 0 Å². The monoisotopic (exact) mass is 385 g/mol. The Bertz CT molecular complexity index is 845. The number of nitrogens with two attached hydrogens (primary N) is 1. The quantitative estimate of drug-likeness (QED) is 0.817. The van der Waals surface area contributed by atoms with Gasteiger partial charge in [-0.3, -0.25) is 4.79 Å². The molecule has 1 atom stereocenters. The summed E-state index contributed by atoms with van der Waals surface area (Å²) in [6, 6.07) is 7.38. The Kier molecular flexibility index (Phi) is 5.61. The second-order valence-electron chi connectivity index (χ2n) is 7.22. The molecule has 0 aliphatic carbocycles. The molecule has 2 aliphatic heterocycles. The Morgan fingerprint density at radius 3 is 2.36 bits per heavy atom. The molecule has 2 saturated heterocycles. The maximum Gasteiger partial charge on any atom is 0.240 e. The lowest BCUT2D eigenvalue weighted by Gasteiger charge is -2.35. The molecule has 1 amide bonds. The second kappa shape index (κ2) is 8.30. The summed E-state index contributed by atoms with van der Waals surface area (Å²) < 4.78 is 11.0. The van der Waals surface area contributed by atoms with Crippen LogP contribution in [0.15, 0.2) is 24.3 Å². The molecular weight excluding hydrogens is 358 g/mol. The molecule has 2 fully saturated rings. The highest BCUT2D eigenvalue weighted by atomic mass is 16.5. The zero-order chi connectivity index (χ0) is 19.5. The molecule has 4 rings (SSSR count). The molecule has 3 N–H and O–H groups in total. The van der Waals surface area contributed by atoms with E-state index in [0.717, 1.165) is 54.3 Å². The molecule has 1 aromatic carbocycles. The fourth-order valence-corrected chi connectivity index (χ4v) is 3.53. The average Bonchev–Trinajstić information content (AvgIpc) is 2.74. The number of fused-ring (bicyclic) bond motifs is 1. The van der Waals surface area contributed by atoms with Crippen molar-refractivity contribution in [3.63, 3.8) is 0 Å². The highest BCUT2D eigenvalue weighted by Crippen LogP contribution is 2.33. The number of amides is 1. The van der Waals surface area contributed by atoms with E-state index in [-0.39, 0.29) is 5.91 Å². The van der Waals surface area contributed by atoms with Gasteiger partial charge in [0.25, 0.3) is 0 Å². The Balaban J connectivity index is 1.72. The van der Waals surface area contributed by atoms with Crippen molar-refractivity contribution in [1.82, 2.24) is 4.98 Å². The molecule has 3 heterocycles. The molecule has 8 nitrogen and oxygen atoms in total. The van der Waals surface area contributed by atoms with Crippen LogP contribution in [-0.4, -0.2) is 69.5 Å². The van der Waals surface area contributed by atoms with Crippen molar-refractivity contribution in [2.75, 3.05) is 67.7 Å². The lowest BCUT2D eigenvalue weighted by atomic mass is 10.1. The number of nitrogens with one attached hydrogen (secondary N) is 1. The molecule has 0 spiro atoms. The number of carbonyl (C=O) groups excluding carboxylic acids is 1. The summed E-state index contributed by atoms with van der Waals surface area (Å²) in [4.78, 5) is 21.5. The van der Waals surface area contributed by atoms with E-state index in [1.165, 1.54) is 0 Å². The Morgan fingerprint density at radius 2 is 1.71 bits per heavy atom. The second-order valence-corrected chi connectivity index (χ2v) is 7.22. The average molecular weight is 385 g/mol. The molecule has 150 valence electrons. The van der Waals surface area contributed by atoms with Gasteiger partial charge in [-0.05, 0) is 31.2 Å². The number of aromatic nitrogens is 1. The Labute approximate surface area is 164 Å². The van der Waals surface area contributed by atoms with E-state index in [0.29, 0.717) is 26.4 Å². The molecular formula is C20H27N5O3. The van der Waals surface area contributed by atoms with Crippen molar-refractivity contribution in [2.24, 2.45) is 5.73 Å². The zero-order valence-corrected chi connectivity index (χ0v) is 16.2. The smallest absolute Gasteiger partial charge is 0.240 e. The third kappa shape index (κ3) is 4.04. The molecule has 2 aromatic rings. The molecule has 0 radical (unpaired) electrons. The van der Waals surface area contributed by atoms with E-state index in [4.69, 9.17) is 20.2 Å². The predicted octanol–water partition coefficient (Wildman–Crippen LogP) is 1.19. The van der Waals surface area contributed by atoms with Gasteiger partial charge in [0, 0.05) is 37.3 Å². The van der Waals surface area contributed by atoms with Crippen LogP contribution >= 0.6 is 0 Å². The van der Waals surface area contributed by atoms with Gasteiger partial charge < -0.3 is 30.3 Å². The first-order chi connectivity index (χ1) is 13.6. The van der Waals surface area contributed by atoms with Crippen LogP contribution in [0.3, 0.4) is 0 Å². The summed E-state index contributed by atoms with van der Waals surface area (Å²) in [5.41, 5.74) is 8.39. The Morgan fingerprint density at radius 1 is 1.07 bits per heavy atom. The molecule has 0 saturated carbocycles. The number of anilines is 3. The van der Waals surface area contributed by atoms with E-state index in [2.05, 4.69) is 21.2 Å². The minimum atomic E-state index is -0.554. The van der Waals surface area contributed by atoms with Crippen LogP contribution in [0.25, 0.3) is 10.9 Å². The van der Waals surface area contributed by atoms with Crippen LogP contribution in [-0.2, 0) is 14.3 Å². The molecule has 0 bridgehead atoms. The van der Waals surface area contributed by atoms with Crippen LogP contribution in [0.4, 0.5) is 17.2 Å². The van der Waals surface area contributed by atoms with E-state index in [1.54, 1.807) is 6.92 Å². The van der Waals surface area contributed by atoms with Crippen molar-refractivity contribution < 1.29 is 14.3 Å². The summed E-state index contributed by atoms with van der Waals surface area (Å²) in [7, 11) is 0. The van der Waals surface area contributed by atoms with Crippen LogP contribution in [0.1, 0.15) is 6.92 Å². The topological polar surface area (TPSA) is 93.0 Å². The lowest BCUT2D eigenvalue weighted by Crippen LogP contribution is -2.40. The number of hydrogen-bond donors (Lipinski definition) is 2. The number of morpholine rings is 2. The summed E-state index contributed by atoms with van der Waals surface area (Å²) in [5, 5.41) is 3.85. The van der Waals surface area contributed by atoms with Gasteiger partial charge in [0.2, 0.25) is 5.91 Å². The van der Waals surface area contributed by atoms with Gasteiger partial charge in [0.15, 0.2) is 5.82 Å². The molecule has 1 aromatic heterocycles. The van der Waals surface area contributed by atoms with Crippen LogP contribution in [0, 0.1) is 0 Å². The fourth-order valence-electron chi connectivity index (χ4n) is 3.53. The minimum Gasteiger partial charge on any atom is -0.378 e. The maximum atomic E-state index is 11.9. The number of hydrogen-bond acceptors (Lipinski definition) is 7. The van der Waals surface area contributed by atoms with E-state index >= 15 is 0 Å². The summed E-state index contributed by atoms with van der Waals surface area (Å²) in [5.74, 6) is 0.788. The zero-order valence-electron chi connectivity index (χ0n) is 16.2. The Hall–Kier alpha value is -2.42. The number of nitrogens with zero attached hydrogens (tertiary/aromatic N) is 3. The largest absolute Gasteiger partial charge is 0.378 e. The first kappa shape index (κ1) is 18.9. The molecule has 2 aliphatic rings. The van der Waals surface area contributed by atoms with Crippen molar-refractivity contribution in [2.45, 2.75) is 13.0 Å². The fraction of sp³-hybridized carbons (Fsp3) is 0.500. The molecule has 8 heteroatoms. The number of rotatable bonds is 4. The van der Waals surface area contributed by atoms with Gasteiger partial charge in [-0.15, -0.1) is 0 Å². The summed E-state index contributed by atoms with van der Waals surface area (Å²) >= 11 is 0. The number of benzene rings is 1. The first-order valence-corrected chi connectivity index (χ1v) is 9.78. The van der Waals surface area contributed by atoms with E-state index in [9.17, 15) is 4.79 Å². The number of ether oxygens (including phenoxy) is 2. The van der Waals surface area contributed by atoms with Gasteiger partial charge in [-0.2, -0.15) is 0 Å². The maximum absolute atomic E-state index is 11.9. The van der Waals surface area contributed by atoms with Crippen LogP contribution in [0.5, 0.6) is 0 Å². The number of pyridine rings is 1. The highest BCUT2D eigenvalue weighted by Gasteiger charge is 2.22. The van der Waals surface area contributed by atoms with E-state index < -0.39 is 6.04 Å². The van der Waals surface area contributed by atoms with Crippen LogP contribution < -0.4 is 20.9 Å². The lowest BCUT2D eigenvalue weighted by molar-refractivity contribution is -0.117. The minimum absolute atomic E-state index is 0.203. The standard InChI is InChI=1S/C20H27N5O3/c1-14(21)20(26)22-16-2-3-17-15(12-16)13-18(24-4-8-27-9-5-24)19(23-17)25-6-10-28-11-7-25/h2-3,12-14H,4-11,21H2,1H3,(H,22,26)/t14-/m0/s1. The third-order valence-corrected chi connectivity index (χ3v) is 5.12. The van der Waals surface area contributed by atoms with Gasteiger partial charge in [0.05, 0.1) is 43.7 Å². The van der Waals surface area contributed by atoms with Gasteiger partial charge >= 0.3 is 0 Å².